The average molecular weight is 722 g/mol. The number of methoxy groups -OCH3 is 1. The lowest BCUT2D eigenvalue weighted by atomic mass is 9.85. The highest BCUT2D eigenvalue weighted by Crippen LogP contribution is 2.29. The normalized spacial score (nSPS) is 17.0. The Hall–Kier alpha value is -4.33. The van der Waals surface area contributed by atoms with Crippen LogP contribution in [0, 0.1) is 12.3 Å². The number of benzene rings is 2. The molecule has 3 aromatic rings. The van der Waals surface area contributed by atoms with Crippen LogP contribution in [-0.2, 0) is 23.9 Å². The van der Waals surface area contributed by atoms with Crippen LogP contribution in [0.5, 0.6) is 0 Å². The summed E-state index contributed by atoms with van der Waals surface area (Å²) >= 11 is 1.58. The van der Waals surface area contributed by atoms with Crippen LogP contribution in [-0.4, -0.2) is 90.3 Å². The molecule has 51 heavy (non-hydrogen) atoms. The Balaban J connectivity index is 1.22. The second kappa shape index (κ2) is 18.2. The van der Waals surface area contributed by atoms with E-state index in [-0.39, 0.29) is 37.5 Å². The van der Waals surface area contributed by atoms with Crippen molar-refractivity contribution in [2.75, 3.05) is 38.7 Å². The Morgan fingerprint density at radius 2 is 1.73 bits per heavy atom. The highest BCUT2D eigenvalue weighted by molar-refractivity contribution is 7.13. The van der Waals surface area contributed by atoms with Crippen molar-refractivity contribution in [3.05, 3.63) is 70.9 Å². The molecule has 4 atom stereocenters. The van der Waals surface area contributed by atoms with Crippen LogP contribution in [0.15, 0.2) is 54.0 Å². The van der Waals surface area contributed by atoms with E-state index in [4.69, 9.17) is 9.47 Å². The minimum Gasteiger partial charge on any atom is -0.465 e. The lowest BCUT2D eigenvalue weighted by molar-refractivity contribution is -0.144. The topological polar surface area (TPSA) is 159 Å². The average Bonchev–Trinajstić information content (AvgIpc) is 3.72. The zero-order valence-corrected chi connectivity index (χ0v) is 31.2. The molecule has 0 aliphatic carbocycles. The molecule has 0 spiro atoms. The van der Waals surface area contributed by atoms with Gasteiger partial charge in [-0.25, -0.2) is 9.78 Å². The number of carbonyl (C=O) groups is 4. The van der Waals surface area contributed by atoms with Crippen molar-refractivity contribution in [2.45, 2.75) is 84.5 Å². The zero-order chi connectivity index (χ0) is 37.1. The van der Waals surface area contributed by atoms with Crippen molar-refractivity contribution < 1.29 is 33.8 Å². The Morgan fingerprint density at radius 3 is 2.35 bits per heavy atom. The fourth-order valence-electron chi connectivity index (χ4n) is 5.96. The van der Waals surface area contributed by atoms with Gasteiger partial charge in [-0.15, -0.1) is 11.3 Å². The summed E-state index contributed by atoms with van der Waals surface area (Å²) in [5.41, 5.74) is 5.49. The number of thiazole rings is 1. The molecule has 0 saturated carbocycles. The number of likely N-dealkylation sites (tertiary alicyclic amines) is 1. The second-order valence-corrected chi connectivity index (χ2v) is 14.8. The number of amides is 3. The first-order valence-electron chi connectivity index (χ1n) is 17.4. The fourth-order valence-corrected chi connectivity index (χ4v) is 6.78. The number of unbranched alkanes of at least 4 members (excludes halogenated alkanes) is 2. The highest BCUT2D eigenvalue weighted by atomic mass is 32.1. The molecule has 1 fully saturated rings. The van der Waals surface area contributed by atoms with Crippen LogP contribution in [0.25, 0.3) is 10.4 Å². The second-order valence-electron chi connectivity index (χ2n) is 14.0. The van der Waals surface area contributed by atoms with E-state index >= 15 is 0 Å². The van der Waals surface area contributed by atoms with Crippen LogP contribution in [0.3, 0.4) is 0 Å². The molecule has 1 aromatic heterocycles. The largest absolute Gasteiger partial charge is 0.465 e. The number of nitrogens with zero attached hydrogens (tertiary/aromatic N) is 2. The number of aliphatic hydroxyl groups excluding tert-OH is 1. The lowest BCUT2D eigenvalue weighted by Crippen LogP contribution is -2.58. The molecular weight excluding hydrogens is 671 g/mol. The van der Waals surface area contributed by atoms with Gasteiger partial charge in [0.05, 0.1) is 40.9 Å². The summed E-state index contributed by atoms with van der Waals surface area (Å²) in [6.07, 6.45) is 1.79. The van der Waals surface area contributed by atoms with Gasteiger partial charge in [-0.2, -0.15) is 0 Å². The standard InChI is InChI=1S/C38H51N5O7S/c1-24(26-10-12-27(13-11-26)33-25(2)40-23-51-33)41-35(46)31-20-30(44)21-43(31)36(47)34(38(3,4)5)42-32(45)22-50-19-9-7-8-18-39-29-16-14-28(15-17-29)37(48)49-6/h10-17,23-24,30-31,34,39,44H,7-9,18-22H2,1-6H3,(H,41,46)(H,42,45)/t24-,30+,31-,34?/m0/s1. The number of aliphatic hydroxyl groups is 1. The van der Waals surface area contributed by atoms with Gasteiger partial charge in [-0.3, -0.25) is 14.4 Å². The van der Waals surface area contributed by atoms with Crippen molar-refractivity contribution in [1.82, 2.24) is 20.5 Å². The Kier molecular flexibility index (Phi) is 14.1. The minimum absolute atomic E-state index is 0.000801. The molecule has 12 nitrogen and oxygen atoms in total. The van der Waals surface area contributed by atoms with Crippen molar-refractivity contribution in [3.63, 3.8) is 0 Å². The third-order valence-electron chi connectivity index (χ3n) is 8.89. The molecule has 1 aliphatic rings. The smallest absolute Gasteiger partial charge is 0.337 e. The van der Waals surface area contributed by atoms with Gasteiger partial charge in [0.15, 0.2) is 0 Å². The van der Waals surface area contributed by atoms with Gasteiger partial charge >= 0.3 is 5.97 Å². The van der Waals surface area contributed by atoms with Gasteiger partial charge in [-0.05, 0) is 73.9 Å². The number of carbonyl (C=O) groups excluding carboxylic acids is 4. The summed E-state index contributed by atoms with van der Waals surface area (Å²) in [6.45, 7) is 10.3. The zero-order valence-electron chi connectivity index (χ0n) is 30.4. The monoisotopic (exact) mass is 721 g/mol. The van der Waals surface area contributed by atoms with Crippen LogP contribution in [0.4, 0.5) is 5.69 Å². The fraction of sp³-hybridized carbons (Fsp3) is 0.500. The molecule has 0 radical (unpaired) electrons. The third kappa shape index (κ3) is 11.1. The molecule has 3 amide bonds. The number of ether oxygens (including phenoxy) is 2. The molecule has 13 heteroatoms. The van der Waals surface area contributed by atoms with Gasteiger partial charge in [0.2, 0.25) is 17.7 Å². The number of hydrogen-bond donors (Lipinski definition) is 4. The molecule has 0 bridgehead atoms. The van der Waals surface area contributed by atoms with Crippen LogP contribution >= 0.6 is 11.3 Å². The Morgan fingerprint density at radius 1 is 1.02 bits per heavy atom. The van der Waals surface area contributed by atoms with E-state index in [0.717, 1.165) is 53.2 Å². The van der Waals surface area contributed by atoms with Gasteiger partial charge in [-0.1, -0.05) is 45.0 Å². The molecule has 1 aliphatic heterocycles. The van der Waals surface area contributed by atoms with E-state index in [1.165, 1.54) is 12.0 Å². The predicted molar refractivity (Wildman–Crippen MR) is 197 cm³/mol. The molecule has 2 aromatic carbocycles. The van der Waals surface area contributed by atoms with E-state index in [0.29, 0.717) is 12.2 Å². The molecule has 276 valence electrons. The van der Waals surface area contributed by atoms with E-state index < -0.39 is 35.4 Å². The van der Waals surface area contributed by atoms with Crippen LogP contribution in [0.1, 0.15) is 81.0 Å². The first-order valence-corrected chi connectivity index (χ1v) is 18.2. The molecule has 4 N–H and O–H groups in total. The summed E-state index contributed by atoms with van der Waals surface area (Å²) in [5.74, 6) is -1.57. The van der Waals surface area contributed by atoms with Gasteiger partial charge < -0.3 is 35.4 Å². The molecule has 1 saturated heterocycles. The first kappa shape index (κ1) is 39.5. The maximum Gasteiger partial charge on any atom is 0.337 e. The number of anilines is 1. The molecule has 2 heterocycles. The summed E-state index contributed by atoms with van der Waals surface area (Å²) in [5, 5.41) is 19.7. The highest BCUT2D eigenvalue weighted by Gasteiger charge is 2.44. The molecule has 4 rings (SSSR count). The maximum absolute atomic E-state index is 13.9. The Bertz CT molecular complexity index is 1620. The summed E-state index contributed by atoms with van der Waals surface area (Å²) in [6, 6.07) is 12.9. The van der Waals surface area contributed by atoms with Gasteiger partial charge in [0.1, 0.15) is 18.7 Å². The number of hydrogen-bond acceptors (Lipinski definition) is 10. The number of β-amino-alcohol motifs (C(OH)–C–C–N with tert-alkyl or cyclic N) is 1. The number of rotatable bonds is 16. The van der Waals surface area contributed by atoms with Crippen LogP contribution < -0.4 is 16.0 Å². The first-order chi connectivity index (χ1) is 24.3. The molecular formula is C38H51N5O7S. The van der Waals surface area contributed by atoms with E-state index in [1.54, 1.807) is 23.5 Å². The SMILES string of the molecule is COC(=O)c1ccc(NCCCCCOCC(=O)NC(C(=O)N2C[C@H](O)C[C@H]2C(=O)N[C@@H](C)c2ccc(-c3scnc3C)cc2)C(C)(C)C)cc1. The lowest BCUT2D eigenvalue weighted by Gasteiger charge is -2.35. The Labute approximate surface area is 304 Å². The van der Waals surface area contributed by atoms with E-state index in [9.17, 15) is 24.3 Å². The van der Waals surface area contributed by atoms with Gasteiger partial charge in [0, 0.05) is 31.8 Å². The van der Waals surface area contributed by atoms with Crippen molar-refractivity contribution in [3.8, 4) is 10.4 Å². The number of aryl methyl sites for hydroxylation is 1. The summed E-state index contributed by atoms with van der Waals surface area (Å²) in [7, 11) is 1.35. The predicted octanol–water partition coefficient (Wildman–Crippen LogP) is 4.87. The van der Waals surface area contributed by atoms with E-state index in [2.05, 4.69) is 20.9 Å². The van der Waals surface area contributed by atoms with Crippen molar-refractivity contribution in [1.29, 1.82) is 0 Å². The third-order valence-corrected chi connectivity index (χ3v) is 9.87. The number of aromatic nitrogens is 1. The molecule has 1 unspecified atom stereocenters. The number of esters is 1. The maximum atomic E-state index is 13.9. The number of nitrogens with one attached hydrogen (secondary N) is 3. The summed E-state index contributed by atoms with van der Waals surface area (Å²) < 4.78 is 10.3. The summed E-state index contributed by atoms with van der Waals surface area (Å²) in [4.78, 5) is 58.7. The minimum atomic E-state index is -0.929. The van der Waals surface area contributed by atoms with E-state index in [1.807, 2.05) is 76.5 Å². The van der Waals surface area contributed by atoms with Crippen molar-refractivity contribution in [2.24, 2.45) is 5.41 Å². The van der Waals surface area contributed by atoms with Gasteiger partial charge in [0.25, 0.3) is 0 Å². The van der Waals surface area contributed by atoms with Crippen molar-refractivity contribution >= 4 is 40.7 Å². The quantitative estimate of drug-likeness (QED) is 0.120. The van der Waals surface area contributed by atoms with Crippen LogP contribution in [0.2, 0.25) is 0 Å².